The number of halogens is 2. The Kier molecular flexibility index (Phi) is 10.2. The number of unbranched alkanes of at least 4 members (excludes halogenated alkanes) is 1. The monoisotopic (exact) mass is 295 g/mol. The van der Waals surface area contributed by atoms with Gasteiger partial charge in [0.1, 0.15) is 0 Å². The molecule has 13 heavy (non-hydrogen) atoms. The van der Waals surface area contributed by atoms with Gasteiger partial charge in [0.15, 0.2) is 0 Å². The Labute approximate surface area is 100 Å². The van der Waals surface area contributed by atoms with E-state index in [0.717, 1.165) is 0 Å². The van der Waals surface area contributed by atoms with Crippen LogP contribution in [-0.4, -0.2) is 0 Å². The van der Waals surface area contributed by atoms with Gasteiger partial charge in [-0.25, -0.2) is 0 Å². The van der Waals surface area contributed by atoms with Crippen molar-refractivity contribution in [3.05, 3.63) is 29.7 Å². The fraction of sp³-hybridized carbons (Fsp3) is 0.500. The predicted octanol–water partition coefficient (Wildman–Crippen LogP) is 4.64. The maximum absolute atomic E-state index is 4.93. The van der Waals surface area contributed by atoms with Crippen molar-refractivity contribution in [3.8, 4) is 0 Å². The van der Waals surface area contributed by atoms with Gasteiger partial charge in [-0.2, -0.15) is 0 Å². The molecule has 0 aliphatic heterocycles. The first-order valence-electron chi connectivity index (χ1n) is 4.43. The van der Waals surface area contributed by atoms with Crippen molar-refractivity contribution in [1.82, 2.24) is 0 Å². The molecule has 0 nitrogen and oxygen atoms in total. The van der Waals surface area contributed by atoms with Gasteiger partial charge in [-0.15, -0.1) is 0 Å². The SMILES string of the molecule is CCCCC1=C[CH]C=C1C.[Cl][Zr][Cl]. The van der Waals surface area contributed by atoms with E-state index < -0.39 is 20.8 Å². The molecule has 0 bridgehead atoms. The molecule has 0 spiro atoms. The Morgan fingerprint density at radius 3 is 2.31 bits per heavy atom. The molecular formula is C10H15Cl2Zr. The number of allylic oxidation sites excluding steroid dienone is 4. The number of hydrogen-bond acceptors (Lipinski definition) is 0. The molecule has 0 atom stereocenters. The number of hydrogen-bond donors (Lipinski definition) is 0. The van der Waals surface area contributed by atoms with E-state index in [2.05, 4.69) is 32.4 Å². The second kappa shape index (κ2) is 9.50. The van der Waals surface area contributed by atoms with Crippen molar-refractivity contribution in [3.63, 3.8) is 0 Å². The number of rotatable bonds is 3. The van der Waals surface area contributed by atoms with Gasteiger partial charge in [0, 0.05) is 6.42 Å². The Morgan fingerprint density at radius 2 is 1.92 bits per heavy atom. The fourth-order valence-corrected chi connectivity index (χ4v) is 1.19. The summed E-state index contributed by atoms with van der Waals surface area (Å²) in [5, 5.41) is 0. The van der Waals surface area contributed by atoms with Crippen LogP contribution < -0.4 is 0 Å². The van der Waals surface area contributed by atoms with Gasteiger partial charge in [-0.05, 0) is 25.3 Å². The Hall–Kier alpha value is 0.943. The molecule has 0 aromatic carbocycles. The van der Waals surface area contributed by atoms with Crippen LogP contribution in [0.25, 0.3) is 0 Å². The van der Waals surface area contributed by atoms with Crippen LogP contribution in [-0.2, 0) is 20.8 Å². The first-order valence-corrected chi connectivity index (χ1v) is 10.8. The summed E-state index contributed by atoms with van der Waals surface area (Å²) in [4.78, 5) is 0. The van der Waals surface area contributed by atoms with E-state index in [4.69, 9.17) is 17.0 Å². The predicted molar refractivity (Wildman–Crippen MR) is 57.4 cm³/mol. The van der Waals surface area contributed by atoms with Crippen LogP contribution in [0.15, 0.2) is 23.3 Å². The average molecular weight is 297 g/mol. The van der Waals surface area contributed by atoms with Crippen molar-refractivity contribution in [1.29, 1.82) is 0 Å². The molecule has 3 heteroatoms. The van der Waals surface area contributed by atoms with Crippen LogP contribution >= 0.6 is 17.0 Å². The summed E-state index contributed by atoms with van der Waals surface area (Å²) in [6.07, 6.45) is 10.4. The zero-order chi connectivity index (χ0) is 10.1. The van der Waals surface area contributed by atoms with Crippen LogP contribution in [0.3, 0.4) is 0 Å². The van der Waals surface area contributed by atoms with Crippen molar-refractivity contribution >= 4 is 17.0 Å². The third-order valence-electron chi connectivity index (χ3n) is 1.95. The molecule has 1 aliphatic carbocycles. The quantitative estimate of drug-likeness (QED) is 0.711. The van der Waals surface area contributed by atoms with E-state index in [1.165, 1.54) is 30.4 Å². The van der Waals surface area contributed by atoms with Gasteiger partial charge in [-0.3, -0.25) is 0 Å². The Balaban J connectivity index is 0.000000424. The van der Waals surface area contributed by atoms with Crippen molar-refractivity contribution in [2.24, 2.45) is 0 Å². The van der Waals surface area contributed by atoms with Crippen molar-refractivity contribution < 1.29 is 20.8 Å². The molecule has 0 saturated carbocycles. The molecule has 1 rings (SSSR count). The van der Waals surface area contributed by atoms with Gasteiger partial charge < -0.3 is 0 Å². The van der Waals surface area contributed by atoms with Gasteiger partial charge in [0.25, 0.3) is 0 Å². The molecule has 0 heterocycles. The summed E-state index contributed by atoms with van der Waals surface area (Å²) in [6, 6.07) is 0. The normalized spacial score (nSPS) is 14.2. The van der Waals surface area contributed by atoms with E-state index in [0.29, 0.717) is 0 Å². The standard InChI is InChI=1S/C10H15.2ClH.Zr/c1-3-4-7-10-8-5-6-9(10)2;;;/h5-6,8H,3-4,7H2,1-2H3;2*1H;/q;;;+2/p-2. The van der Waals surface area contributed by atoms with Crippen LogP contribution in [0.2, 0.25) is 0 Å². The molecule has 0 amide bonds. The van der Waals surface area contributed by atoms with Crippen molar-refractivity contribution in [2.75, 3.05) is 0 Å². The van der Waals surface area contributed by atoms with E-state index in [1.807, 2.05) is 0 Å². The van der Waals surface area contributed by atoms with Gasteiger partial charge in [0.05, 0.1) is 0 Å². The minimum atomic E-state index is -0.826. The summed E-state index contributed by atoms with van der Waals surface area (Å²) >= 11 is -0.826. The van der Waals surface area contributed by atoms with E-state index in [-0.39, 0.29) is 0 Å². The Bertz CT molecular complexity index is 185. The summed E-state index contributed by atoms with van der Waals surface area (Å²) in [6.45, 7) is 4.42. The molecule has 0 unspecified atom stereocenters. The molecule has 0 fully saturated rings. The first-order chi connectivity index (χ1) is 6.26. The van der Waals surface area contributed by atoms with Crippen LogP contribution in [0.1, 0.15) is 33.1 Å². The molecule has 73 valence electrons. The molecule has 1 radical (unpaired) electrons. The molecular weight excluding hydrogens is 282 g/mol. The average Bonchev–Trinajstić information content (AvgIpc) is 2.49. The van der Waals surface area contributed by atoms with Gasteiger partial charge in [-0.1, -0.05) is 31.1 Å². The summed E-state index contributed by atoms with van der Waals surface area (Å²) < 4.78 is 0. The van der Waals surface area contributed by atoms with Crippen LogP contribution in [0.4, 0.5) is 0 Å². The van der Waals surface area contributed by atoms with Gasteiger partial charge in [0.2, 0.25) is 0 Å². The zero-order valence-corrected chi connectivity index (χ0v) is 12.1. The first kappa shape index (κ1) is 13.9. The molecule has 0 aromatic rings. The third-order valence-corrected chi connectivity index (χ3v) is 1.95. The molecule has 1 aliphatic rings. The molecule has 0 aromatic heterocycles. The summed E-state index contributed by atoms with van der Waals surface area (Å²) in [7, 11) is 9.87. The fourth-order valence-electron chi connectivity index (χ4n) is 1.19. The van der Waals surface area contributed by atoms with E-state index in [1.54, 1.807) is 0 Å². The second-order valence-corrected chi connectivity index (χ2v) is 6.64. The summed E-state index contributed by atoms with van der Waals surface area (Å²) in [5.74, 6) is 0. The maximum atomic E-state index is 4.93. The molecule has 0 N–H and O–H groups in total. The minimum absolute atomic E-state index is 0.826. The van der Waals surface area contributed by atoms with Crippen molar-refractivity contribution in [2.45, 2.75) is 33.1 Å². The molecule has 0 saturated heterocycles. The topological polar surface area (TPSA) is 0 Å². The summed E-state index contributed by atoms with van der Waals surface area (Å²) in [5.41, 5.74) is 2.98. The van der Waals surface area contributed by atoms with E-state index >= 15 is 0 Å². The third kappa shape index (κ3) is 6.94. The Morgan fingerprint density at radius 1 is 1.31 bits per heavy atom. The van der Waals surface area contributed by atoms with Crippen LogP contribution in [0.5, 0.6) is 0 Å². The van der Waals surface area contributed by atoms with Crippen LogP contribution in [0, 0.1) is 6.42 Å². The second-order valence-electron chi connectivity index (χ2n) is 2.91. The van der Waals surface area contributed by atoms with E-state index in [9.17, 15) is 0 Å². The van der Waals surface area contributed by atoms with Gasteiger partial charge >= 0.3 is 37.9 Å². The zero-order valence-electron chi connectivity index (χ0n) is 8.11.